The summed E-state index contributed by atoms with van der Waals surface area (Å²) in [7, 11) is 0. The van der Waals surface area contributed by atoms with Crippen molar-refractivity contribution in [3.63, 3.8) is 0 Å². The lowest BCUT2D eigenvalue weighted by Crippen LogP contribution is -2.46. The van der Waals surface area contributed by atoms with Crippen molar-refractivity contribution in [3.05, 3.63) is 47.4 Å². The van der Waals surface area contributed by atoms with Crippen LogP contribution in [0.3, 0.4) is 0 Å². The highest BCUT2D eigenvalue weighted by molar-refractivity contribution is 7.98. The lowest BCUT2D eigenvalue weighted by atomic mass is 10.1. The van der Waals surface area contributed by atoms with Crippen molar-refractivity contribution in [1.82, 2.24) is 20.9 Å². The quantitative estimate of drug-likeness (QED) is 0.252. The standard InChI is InChI=1S/C24H32N4O5S/c1-5-8-9-10-15-13-21(29)25-14-19-20(34-4)12-11-18(26-19)23(31)27-16(6-2)22(30)28-17(7-3)24(32)33-15/h6,9-12,15,17H,5,7-8,13-14H2,1-4H3,(H,25,29)(H,27,31)(H,28,30)/b10-9+,16-6-/t15-,17+/m1/s1. The molecule has 1 aliphatic heterocycles. The Balaban J connectivity index is 2.42. The second-order valence-corrected chi connectivity index (χ2v) is 8.46. The molecule has 0 saturated carbocycles. The molecule has 0 unspecified atom stereocenters. The van der Waals surface area contributed by atoms with Gasteiger partial charge in [0.15, 0.2) is 0 Å². The van der Waals surface area contributed by atoms with Gasteiger partial charge in [-0.15, -0.1) is 11.8 Å². The first-order valence-electron chi connectivity index (χ1n) is 11.3. The van der Waals surface area contributed by atoms with E-state index in [9.17, 15) is 19.2 Å². The number of cyclic esters (lactones) is 1. The van der Waals surface area contributed by atoms with Crippen LogP contribution in [0.25, 0.3) is 0 Å². The number of thioether (sulfide) groups is 1. The Morgan fingerprint density at radius 1 is 1.18 bits per heavy atom. The first-order chi connectivity index (χ1) is 16.3. The highest BCUT2D eigenvalue weighted by Gasteiger charge is 2.26. The molecule has 0 spiro atoms. The molecule has 184 valence electrons. The summed E-state index contributed by atoms with van der Waals surface area (Å²) in [6.07, 6.45) is 7.99. The maximum atomic E-state index is 12.8. The van der Waals surface area contributed by atoms with Crippen molar-refractivity contribution in [1.29, 1.82) is 0 Å². The van der Waals surface area contributed by atoms with E-state index < -0.39 is 29.9 Å². The number of esters is 1. The maximum Gasteiger partial charge on any atom is 0.329 e. The molecule has 10 heteroatoms. The molecule has 0 radical (unpaired) electrons. The molecule has 0 saturated heterocycles. The number of pyridine rings is 1. The van der Waals surface area contributed by atoms with Crippen molar-refractivity contribution < 1.29 is 23.9 Å². The van der Waals surface area contributed by atoms with Gasteiger partial charge in [0.2, 0.25) is 5.91 Å². The van der Waals surface area contributed by atoms with E-state index in [-0.39, 0.29) is 36.7 Å². The Morgan fingerprint density at radius 2 is 1.94 bits per heavy atom. The minimum Gasteiger partial charge on any atom is -0.456 e. The van der Waals surface area contributed by atoms with Crippen LogP contribution < -0.4 is 16.0 Å². The lowest BCUT2D eigenvalue weighted by Gasteiger charge is -2.21. The van der Waals surface area contributed by atoms with Crippen LogP contribution in [0.4, 0.5) is 0 Å². The molecule has 0 aliphatic carbocycles. The number of hydrogen-bond donors (Lipinski definition) is 3. The summed E-state index contributed by atoms with van der Waals surface area (Å²) in [6, 6.07) is 2.36. The molecule has 1 aromatic heterocycles. The Bertz CT molecular complexity index is 976. The molecule has 2 bridgehead atoms. The van der Waals surface area contributed by atoms with Crippen LogP contribution in [0.15, 0.2) is 41.0 Å². The van der Waals surface area contributed by atoms with Gasteiger partial charge in [-0.05, 0) is 44.2 Å². The number of ether oxygens (including phenoxy) is 1. The highest BCUT2D eigenvalue weighted by Crippen LogP contribution is 2.19. The van der Waals surface area contributed by atoms with Gasteiger partial charge in [-0.25, -0.2) is 9.78 Å². The number of unbranched alkanes of at least 4 members (excludes halogenated alkanes) is 1. The predicted octanol–water partition coefficient (Wildman–Crippen LogP) is 2.62. The molecular formula is C24H32N4O5S. The summed E-state index contributed by atoms with van der Waals surface area (Å²) in [5.41, 5.74) is 0.620. The normalized spacial score (nSPS) is 21.7. The zero-order valence-electron chi connectivity index (χ0n) is 20.0. The zero-order valence-corrected chi connectivity index (χ0v) is 20.8. The number of allylic oxidation sites excluding steroid dienone is 2. The van der Waals surface area contributed by atoms with Crippen LogP contribution in [0.2, 0.25) is 0 Å². The number of nitrogens with one attached hydrogen (secondary N) is 3. The summed E-state index contributed by atoms with van der Waals surface area (Å²) in [5, 5.41) is 7.94. The molecule has 2 heterocycles. The summed E-state index contributed by atoms with van der Waals surface area (Å²) in [5.74, 6) is -2.18. The number of nitrogens with zero attached hydrogens (tertiary/aromatic N) is 1. The van der Waals surface area contributed by atoms with Gasteiger partial charge in [0.1, 0.15) is 23.5 Å². The Hall–Kier alpha value is -3.14. The number of fused-ring (bicyclic) bond motifs is 2. The van der Waals surface area contributed by atoms with E-state index in [1.54, 1.807) is 32.1 Å². The molecular weight excluding hydrogens is 456 g/mol. The van der Waals surface area contributed by atoms with Gasteiger partial charge in [-0.3, -0.25) is 14.4 Å². The predicted molar refractivity (Wildman–Crippen MR) is 130 cm³/mol. The fraction of sp³-hybridized carbons (Fsp3) is 0.458. The van der Waals surface area contributed by atoms with Gasteiger partial charge in [0.05, 0.1) is 18.7 Å². The van der Waals surface area contributed by atoms with Crippen LogP contribution in [0, 0.1) is 0 Å². The molecule has 1 aromatic rings. The van der Waals surface area contributed by atoms with Crippen molar-refractivity contribution in [3.8, 4) is 0 Å². The van der Waals surface area contributed by atoms with Gasteiger partial charge >= 0.3 is 5.97 Å². The third-order valence-corrected chi connectivity index (χ3v) is 5.89. The number of carbonyl (C=O) groups is 4. The molecule has 2 atom stereocenters. The highest BCUT2D eigenvalue weighted by atomic mass is 32.2. The number of aromatic nitrogens is 1. The van der Waals surface area contributed by atoms with E-state index in [0.29, 0.717) is 5.69 Å². The summed E-state index contributed by atoms with van der Waals surface area (Å²) in [6.45, 7) is 5.45. The smallest absolute Gasteiger partial charge is 0.329 e. The molecule has 0 fully saturated rings. The monoisotopic (exact) mass is 488 g/mol. The van der Waals surface area contributed by atoms with Gasteiger partial charge in [-0.2, -0.15) is 0 Å². The second kappa shape index (κ2) is 13.5. The molecule has 34 heavy (non-hydrogen) atoms. The molecule has 3 amide bonds. The number of amides is 3. The topological polar surface area (TPSA) is 126 Å². The molecule has 2 rings (SSSR count). The van der Waals surface area contributed by atoms with E-state index in [2.05, 4.69) is 20.9 Å². The van der Waals surface area contributed by atoms with Gasteiger partial charge < -0.3 is 20.7 Å². The lowest BCUT2D eigenvalue weighted by molar-refractivity contribution is -0.151. The third-order valence-electron chi connectivity index (χ3n) is 5.08. The van der Waals surface area contributed by atoms with Crippen molar-refractivity contribution in [2.45, 2.75) is 70.0 Å². The van der Waals surface area contributed by atoms with E-state index in [0.717, 1.165) is 17.7 Å². The van der Waals surface area contributed by atoms with Gasteiger partial charge in [0, 0.05) is 4.90 Å². The Morgan fingerprint density at radius 3 is 2.59 bits per heavy atom. The largest absolute Gasteiger partial charge is 0.456 e. The van der Waals surface area contributed by atoms with Crippen LogP contribution in [0.1, 0.15) is 62.6 Å². The zero-order chi connectivity index (χ0) is 25.1. The van der Waals surface area contributed by atoms with E-state index >= 15 is 0 Å². The SMILES string of the molecule is C/C=C1\NC(=O)c2ccc(SC)c(n2)CNC(=O)C[C@@H](/C=C/CCC)OC(=O)[C@H](CC)NC1=O. The molecule has 0 aromatic carbocycles. The van der Waals surface area contributed by atoms with Gasteiger partial charge in [-0.1, -0.05) is 32.4 Å². The third kappa shape index (κ3) is 7.72. The minimum atomic E-state index is -0.942. The van der Waals surface area contributed by atoms with Crippen LogP contribution in [-0.2, 0) is 25.7 Å². The minimum absolute atomic E-state index is 0.00617. The van der Waals surface area contributed by atoms with Crippen molar-refractivity contribution in [2.75, 3.05) is 6.26 Å². The number of carbonyl (C=O) groups excluding carboxylic acids is 4. The van der Waals surface area contributed by atoms with E-state index in [4.69, 9.17) is 4.74 Å². The van der Waals surface area contributed by atoms with Crippen molar-refractivity contribution >= 4 is 35.5 Å². The summed E-state index contributed by atoms with van der Waals surface area (Å²) in [4.78, 5) is 56.1. The molecule has 1 aliphatic rings. The number of rotatable bonds is 5. The molecule has 3 N–H and O–H groups in total. The van der Waals surface area contributed by atoms with E-state index in [1.807, 2.05) is 19.3 Å². The average Bonchev–Trinajstić information content (AvgIpc) is 2.83. The number of hydrogen-bond acceptors (Lipinski definition) is 7. The summed E-state index contributed by atoms with van der Waals surface area (Å²) < 4.78 is 5.57. The second-order valence-electron chi connectivity index (χ2n) is 7.61. The Kier molecular flexibility index (Phi) is 10.8. The average molecular weight is 489 g/mol. The van der Waals surface area contributed by atoms with Gasteiger partial charge in [0.25, 0.3) is 11.8 Å². The first-order valence-corrected chi connectivity index (χ1v) is 12.5. The fourth-order valence-corrected chi connectivity index (χ4v) is 3.73. The van der Waals surface area contributed by atoms with E-state index in [1.165, 1.54) is 17.8 Å². The fourth-order valence-electron chi connectivity index (χ4n) is 3.17. The van der Waals surface area contributed by atoms with Crippen LogP contribution >= 0.6 is 11.8 Å². The Labute approximate surface area is 204 Å². The van der Waals surface area contributed by atoms with Crippen molar-refractivity contribution in [2.24, 2.45) is 0 Å². The van der Waals surface area contributed by atoms with Crippen LogP contribution in [0.5, 0.6) is 0 Å². The first kappa shape index (κ1) is 27.1. The maximum absolute atomic E-state index is 12.8. The van der Waals surface area contributed by atoms with Crippen LogP contribution in [-0.4, -0.2) is 47.1 Å². The molecule has 9 nitrogen and oxygen atoms in total. The summed E-state index contributed by atoms with van der Waals surface area (Å²) >= 11 is 1.44.